The molecule has 1 aromatic carbocycles. The van der Waals surface area contributed by atoms with Gasteiger partial charge in [-0.3, -0.25) is 9.59 Å². The highest BCUT2D eigenvalue weighted by molar-refractivity contribution is 5.77. The van der Waals surface area contributed by atoms with E-state index in [2.05, 4.69) is 10.5 Å². The van der Waals surface area contributed by atoms with Crippen LogP contribution in [0, 0.1) is 0 Å². The van der Waals surface area contributed by atoms with Crippen molar-refractivity contribution in [2.75, 3.05) is 20.7 Å². The highest BCUT2D eigenvalue weighted by Gasteiger charge is 2.43. The van der Waals surface area contributed by atoms with E-state index < -0.39 is 5.60 Å². The van der Waals surface area contributed by atoms with Gasteiger partial charge in [-0.2, -0.15) is 0 Å². The van der Waals surface area contributed by atoms with Gasteiger partial charge in [0.2, 0.25) is 11.8 Å². The van der Waals surface area contributed by atoms with Gasteiger partial charge in [-0.1, -0.05) is 18.2 Å². The molecule has 30 heavy (non-hydrogen) atoms. The van der Waals surface area contributed by atoms with E-state index in [-0.39, 0.29) is 24.3 Å². The molecular formula is C22H27N3O5. The van der Waals surface area contributed by atoms with Crippen LogP contribution in [0.1, 0.15) is 49.5 Å². The predicted molar refractivity (Wildman–Crippen MR) is 108 cm³/mol. The summed E-state index contributed by atoms with van der Waals surface area (Å²) in [5, 5.41) is 6.93. The zero-order valence-electron chi connectivity index (χ0n) is 17.3. The lowest BCUT2D eigenvalue weighted by Gasteiger charge is -2.42. The number of ether oxygens (including phenoxy) is 2. The number of rotatable bonds is 5. The Morgan fingerprint density at radius 3 is 3.00 bits per heavy atom. The maximum Gasteiger partial charge on any atom is 0.254 e. The van der Waals surface area contributed by atoms with Crippen molar-refractivity contribution in [3.05, 3.63) is 41.7 Å². The monoisotopic (exact) mass is 413 g/mol. The largest absolute Gasteiger partial charge is 0.487 e. The number of aromatic nitrogens is 1. The number of carbonyl (C=O) groups is 2. The standard InChI is InChI=1S/C22H27N3O5/c1-25-12-11-22(10-9-21(25)27)14-17(16-5-3-4-6-18(16)29-22)23-19(26)8-7-15-13-20(28-2)24-30-15/h3-6,13,17H,7-12,14H2,1-2H3,(H,23,26)/t17-,22-/m1/s1. The van der Waals surface area contributed by atoms with E-state index in [4.69, 9.17) is 14.0 Å². The van der Waals surface area contributed by atoms with Crippen LogP contribution in [0.4, 0.5) is 0 Å². The number of aryl methyl sites for hydroxylation is 1. The molecule has 1 saturated heterocycles. The first-order chi connectivity index (χ1) is 14.5. The molecule has 0 aliphatic carbocycles. The first-order valence-electron chi connectivity index (χ1n) is 10.3. The van der Waals surface area contributed by atoms with E-state index in [0.717, 1.165) is 17.7 Å². The Morgan fingerprint density at radius 2 is 2.20 bits per heavy atom. The molecule has 160 valence electrons. The fourth-order valence-electron chi connectivity index (χ4n) is 4.21. The summed E-state index contributed by atoms with van der Waals surface area (Å²) in [6, 6.07) is 9.33. The van der Waals surface area contributed by atoms with Crippen molar-refractivity contribution in [2.24, 2.45) is 0 Å². The van der Waals surface area contributed by atoms with Gasteiger partial charge >= 0.3 is 0 Å². The Morgan fingerprint density at radius 1 is 1.37 bits per heavy atom. The average Bonchev–Trinajstić information content (AvgIpc) is 3.18. The van der Waals surface area contributed by atoms with Crippen molar-refractivity contribution in [3.63, 3.8) is 0 Å². The van der Waals surface area contributed by atoms with Gasteiger partial charge < -0.3 is 24.2 Å². The molecular weight excluding hydrogens is 386 g/mol. The van der Waals surface area contributed by atoms with Crippen molar-refractivity contribution in [1.82, 2.24) is 15.4 Å². The number of para-hydroxylation sites is 1. The maximum absolute atomic E-state index is 12.7. The van der Waals surface area contributed by atoms with E-state index in [1.54, 1.807) is 11.0 Å². The number of hydrogen-bond donors (Lipinski definition) is 1. The van der Waals surface area contributed by atoms with E-state index in [1.807, 2.05) is 31.3 Å². The molecule has 2 aromatic rings. The molecule has 3 heterocycles. The van der Waals surface area contributed by atoms with Crippen molar-refractivity contribution < 1.29 is 23.6 Å². The van der Waals surface area contributed by atoms with Crippen LogP contribution >= 0.6 is 0 Å². The summed E-state index contributed by atoms with van der Waals surface area (Å²) < 4.78 is 16.6. The van der Waals surface area contributed by atoms with Crippen LogP contribution < -0.4 is 14.8 Å². The summed E-state index contributed by atoms with van der Waals surface area (Å²) in [5.74, 6) is 1.86. The van der Waals surface area contributed by atoms with Crippen LogP contribution in [0.2, 0.25) is 0 Å². The van der Waals surface area contributed by atoms with Gasteiger partial charge in [0, 0.05) is 57.3 Å². The minimum Gasteiger partial charge on any atom is -0.487 e. The van der Waals surface area contributed by atoms with Crippen molar-refractivity contribution in [3.8, 4) is 11.6 Å². The number of amides is 2. The van der Waals surface area contributed by atoms with Crippen LogP contribution in [0.25, 0.3) is 0 Å². The van der Waals surface area contributed by atoms with E-state index >= 15 is 0 Å². The van der Waals surface area contributed by atoms with Gasteiger partial charge in [0.05, 0.1) is 13.2 Å². The third kappa shape index (κ3) is 4.27. The van der Waals surface area contributed by atoms with Gasteiger partial charge in [-0.15, -0.1) is 0 Å². The van der Waals surface area contributed by atoms with E-state index in [1.165, 1.54) is 7.11 Å². The zero-order valence-corrected chi connectivity index (χ0v) is 17.3. The maximum atomic E-state index is 12.7. The number of hydrogen-bond acceptors (Lipinski definition) is 6. The Hall–Kier alpha value is -3.03. The minimum absolute atomic E-state index is 0.0657. The lowest BCUT2D eigenvalue weighted by atomic mass is 9.82. The molecule has 1 spiro atoms. The van der Waals surface area contributed by atoms with Gasteiger partial charge in [-0.05, 0) is 17.6 Å². The van der Waals surface area contributed by atoms with Crippen LogP contribution in [0.5, 0.6) is 11.6 Å². The fraction of sp³-hybridized carbons (Fsp3) is 0.500. The molecule has 4 rings (SSSR count). The molecule has 2 atom stereocenters. The topological polar surface area (TPSA) is 93.9 Å². The van der Waals surface area contributed by atoms with Gasteiger partial charge in [-0.25, -0.2) is 0 Å². The first-order valence-corrected chi connectivity index (χ1v) is 10.3. The van der Waals surface area contributed by atoms with E-state index in [9.17, 15) is 9.59 Å². The SMILES string of the molecule is COc1cc(CCC(=O)N[C@@H]2C[C@]3(CCC(=O)N(C)CC3)Oc3ccccc32)on1. The molecule has 1 aromatic heterocycles. The highest BCUT2D eigenvalue weighted by atomic mass is 16.5. The van der Waals surface area contributed by atoms with E-state index in [0.29, 0.717) is 43.9 Å². The van der Waals surface area contributed by atoms with Crippen molar-refractivity contribution >= 4 is 11.8 Å². The zero-order chi connectivity index (χ0) is 21.1. The predicted octanol–water partition coefficient (Wildman–Crippen LogP) is 2.64. The molecule has 0 saturated carbocycles. The Bertz CT molecular complexity index is 927. The number of benzene rings is 1. The molecule has 8 heteroatoms. The Labute approximate surface area is 175 Å². The average molecular weight is 413 g/mol. The lowest BCUT2D eigenvalue weighted by Crippen LogP contribution is -2.45. The van der Waals surface area contributed by atoms with Crippen molar-refractivity contribution in [1.29, 1.82) is 0 Å². The van der Waals surface area contributed by atoms with Gasteiger partial charge in [0.25, 0.3) is 5.88 Å². The van der Waals surface area contributed by atoms with Crippen molar-refractivity contribution in [2.45, 2.75) is 50.2 Å². The summed E-state index contributed by atoms with van der Waals surface area (Å²) in [5.41, 5.74) is 0.520. The normalized spacial score (nSPS) is 23.5. The van der Waals surface area contributed by atoms with Crippen LogP contribution in [-0.2, 0) is 16.0 Å². The third-order valence-electron chi connectivity index (χ3n) is 6.00. The summed E-state index contributed by atoms with van der Waals surface area (Å²) in [6.07, 6.45) is 3.21. The number of carbonyl (C=O) groups excluding carboxylic acids is 2. The third-order valence-corrected chi connectivity index (χ3v) is 6.00. The molecule has 1 N–H and O–H groups in total. The number of likely N-dealkylation sites (tertiary alicyclic amines) is 1. The minimum atomic E-state index is -0.453. The molecule has 2 aliphatic heterocycles. The Balaban J connectivity index is 1.47. The van der Waals surface area contributed by atoms with Crippen LogP contribution in [0.3, 0.4) is 0 Å². The number of methoxy groups -OCH3 is 1. The first kappa shape index (κ1) is 20.3. The number of nitrogens with one attached hydrogen (secondary N) is 1. The summed E-state index contributed by atoms with van der Waals surface area (Å²) in [6.45, 7) is 0.648. The van der Waals surface area contributed by atoms with Crippen LogP contribution in [-0.4, -0.2) is 48.2 Å². The number of nitrogens with zero attached hydrogens (tertiary/aromatic N) is 2. The van der Waals surface area contributed by atoms with Gasteiger partial charge in [0.15, 0.2) is 0 Å². The summed E-state index contributed by atoms with van der Waals surface area (Å²) >= 11 is 0. The molecule has 0 unspecified atom stereocenters. The molecule has 1 fully saturated rings. The molecule has 0 radical (unpaired) electrons. The number of fused-ring (bicyclic) bond motifs is 1. The lowest BCUT2D eigenvalue weighted by molar-refractivity contribution is -0.129. The molecule has 2 amide bonds. The summed E-state index contributed by atoms with van der Waals surface area (Å²) in [4.78, 5) is 26.6. The van der Waals surface area contributed by atoms with Crippen LogP contribution in [0.15, 0.2) is 34.9 Å². The molecule has 8 nitrogen and oxygen atoms in total. The Kier molecular flexibility index (Phi) is 5.65. The van der Waals surface area contributed by atoms with Gasteiger partial charge in [0.1, 0.15) is 17.1 Å². The second kappa shape index (κ2) is 8.38. The highest BCUT2D eigenvalue weighted by Crippen LogP contribution is 2.44. The quantitative estimate of drug-likeness (QED) is 0.810. The summed E-state index contributed by atoms with van der Waals surface area (Å²) in [7, 11) is 3.35. The smallest absolute Gasteiger partial charge is 0.254 e. The second-order valence-electron chi connectivity index (χ2n) is 8.05. The molecule has 0 bridgehead atoms. The second-order valence-corrected chi connectivity index (χ2v) is 8.05. The fourth-order valence-corrected chi connectivity index (χ4v) is 4.21. The molecule has 2 aliphatic rings.